The Bertz CT molecular complexity index is 920. The van der Waals surface area contributed by atoms with E-state index in [0.717, 1.165) is 36.8 Å². The van der Waals surface area contributed by atoms with E-state index >= 15 is 0 Å². The number of nitrogens with zero attached hydrogens (tertiary/aromatic N) is 1. The monoisotopic (exact) mass is 506 g/mol. The number of thioether (sulfide) groups is 1. The lowest BCUT2D eigenvalue weighted by Crippen LogP contribution is -2.52. The Balaban J connectivity index is 1.65. The molecule has 1 aliphatic rings. The zero-order valence-corrected chi connectivity index (χ0v) is 21.4. The molecule has 2 amide bonds. The third-order valence-electron chi connectivity index (χ3n) is 6.07. The molecule has 33 heavy (non-hydrogen) atoms. The Morgan fingerprint density at radius 2 is 1.85 bits per heavy atom. The van der Waals surface area contributed by atoms with Gasteiger partial charge >= 0.3 is 0 Å². The molecule has 2 aromatic rings. The second kappa shape index (κ2) is 13.3. The first kappa shape index (κ1) is 25.9. The van der Waals surface area contributed by atoms with Crippen molar-refractivity contribution in [3.8, 4) is 0 Å². The second-order valence-corrected chi connectivity index (χ2v) is 10.3. The molecule has 0 saturated heterocycles. The van der Waals surface area contributed by atoms with Gasteiger partial charge < -0.3 is 10.2 Å². The van der Waals surface area contributed by atoms with Gasteiger partial charge in [-0.15, -0.1) is 11.8 Å². The maximum atomic E-state index is 13.3. The molecule has 1 saturated carbocycles. The molecule has 0 heterocycles. The van der Waals surface area contributed by atoms with Gasteiger partial charge in [0, 0.05) is 28.4 Å². The fourth-order valence-corrected chi connectivity index (χ4v) is 5.70. The number of rotatable bonds is 11. The number of benzene rings is 2. The predicted molar refractivity (Wildman–Crippen MR) is 139 cm³/mol. The van der Waals surface area contributed by atoms with Crippen LogP contribution in [0.2, 0.25) is 10.0 Å². The molecular weight excluding hydrogens is 475 g/mol. The molecule has 178 valence electrons. The number of carbonyl (C=O) groups is 2. The van der Waals surface area contributed by atoms with Gasteiger partial charge in [-0.25, -0.2) is 0 Å². The average Bonchev–Trinajstić information content (AvgIpc) is 3.31. The summed E-state index contributed by atoms with van der Waals surface area (Å²) in [5, 5.41) is 4.38. The van der Waals surface area contributed by atoms with Gasteiger partial charge in [-0.1, -0.05) is 79.4 Å². The van der Waals surface area contributed by atoms with E-state index in [1.807, 2.05) is 31.2 Å². The van der Waals surface area contributed by atoms with Gasteiger partial charge in [-0.2, -0.15) is 0 Å². The second-order valence-electron chi connectivity index (χ2n) is 8.47. The summed E-state index contributed by atoms with van der Waals surface area (Å²) in [7, 11) is 0. The Morgan fingerprint density at radius 1 is 1.12 bits per heavy atom. The first-order chi connectivity index (χ1) is 16.0. The van der Waals surface area contributed by atoms with Gasteiger partial charge in [0.05, 0.1) is 5.75 Å². The van der Waals surface area contributed by atoms with Gasteiger partial charge in [0.2, 0.25) is 11.8 Å². The van der Waals surface area contributed by atoms with Gasteiger partial charge in [0.15, 0.2) is 0 Å². The van der Waals surface area contributed by atoms with Crippen LogP contribution in [0.25, 0.3) is 0 Å². The molecule has 0 spiro atoms. The van der Waals surface area contributed by atoms with Crippen LogP contribution >= 0.6 is 35.0 Å². The molecule has 1 N–H and O–H groups in total. The van der Waals surface area contributed by atoms with Crippen molar-refractivity contribution >= 4 is 46.8 Å². The number of hydrogen-bond donors (Lipinski definition) is 1. The van der Waals surface area contributed by atoms with Crippen molar-refractivity contribution in [3.05, 3.63) is 69.7 Å². The standard InChI is InChI=1S/C26H32Cl2N2O2S/c1-2-24(26(32)29-22-10-6-7-11-22)30(15-14-19-8-4-3-5-9-19)25(31)18-33-17-20-12-13-21(27)16-23(20)28/h3-5,8-9,12-13,16,22,24H,2,6-7,10-11,14-15,17-18H2,1H3,(H,29,32)/t24-/m1/s1. The van der Waals surface area contributed by atoms with Gasteiger partial charge in [0.25, 0.3) is 0 Å². The minimum atomic E-state index is -0.457. The quantitative estimate of drug-likeness (QED) is 0.398. The zero-order valence-electron chi connectivity index (χ0n) is 19.1. The highest BCUT2D eigenvalue weighted by atomic mass is 35.5. The Morgan fingerprint density at radius 3 is 2.52 bits per heavy atom. The third kappa shape index (κ3) is 7.94. The number of nitrogens with one attached hydrogen (secondary N) is 1. The normalized spacial score (nSPS) is 14.8. The largest absolute Gasteiger partial charge is 0.352 e. The van der Waals surface area contributed by atoms with E-state index < -0.39 is 6.04 Å². The summed E-state index contributed by atoms with van der Waals surface area (Å²) in [6, 6.07) is 15.3. The summed E-state index contributed by atoms with van der Waals surface area (Å²) < 4.78 is 0. The van der Waals surface area contributed by atoms with Crippen molar-refractivity contribution in [2.45, 2.75) is 63.3 Å². The highest BCUT2D eigenvalue weighted by Crippen LogP contribution is 2.25. The summed E-state index contributed by atoms with van der Waals surface area (Å²) in [6.45, 7) is 2.49. The molecule has 0 radical (unpaired) electrons. The average molecular weight is 508 g/mol. The lowest BCUT2D eigenvalue weighted by Gasteiger charge is -2.31. The minimum Gasteiger partial charge on any atom is -0.352 e. The Hall–Kier alpha value is -1.69. The number of halogens is 2. The van der Waals surface area contributed by atoms with Crippen LogP contribution in [0.5, 0.6) is 0 Å². The van der Waals surface area contributed by atoms with Crippen LogP contribution < -0.4 is 5.32 Å². The highest BCUT2D eigenvalue weighted by Gasteiger charge is 2.30. The van der Waals surface area contributed by atoms with Crippen LogP contribution in [0.4, 0.5) is 0 Å². The fraction of sp³-hybridized carbons (Fsp3) is 0.462. The van der Waals surface area contributed by atoms with E-state index in [9.17, 15) is 9.59 Å². The van der Waals surface area contributed by atoms with Gasteiger partial charge in [-0.3, -0.25) is 9.59 Å². The molecule has 0 aliphatic heterocycles. The van der Waals surface area contributed by atoms with Crippen molar-refractivity contribution in [3.63, 3.8) is 0 Å². The maximum absolute atomic E-state index is 13.3. The van der Waals surface area contributed by atoms with Gasteiger partial charge in [-0.05, 0) is 48.9 Å². The van der Waals surface area contributed by atoms with E-state index in [-0.39, 0.29) is 17.9 Å². The van der Waals surface area contributed by atoms with Gasteiger partial charge in [0.1, 0.15) is 6.04 Å². The molecule has 3 rings (SSSR count). The molecule has 2 aromatic carbocycles. The summed E-state index contributed by atoms with van der Waals surface area (Å²) in [4.78, 5) is 28.2. The van der Waals surface area contributed by atoms with Crippen LogP contribution in [-0.4, -0.2) is 41.1 Å². The number of amides is 2. The first-order valence-electron chi connectivity index (χ1n) is 11.6. The van der Waals surface area contributed by atoms with Crippen molar-refractivity contribution < 1.29 is 9.59 Å². The summed E-state index contributed by atoms with van der Waals surface area (Å²) in [5.74, 6) is 0.853. The van der Waals surface area contributed by atoms with Crippen molar-refractivity contribution in [2.24, 2.45) is 0 Å². The predicted octanol–water partition coefficient (Wildman–Crippen LogP) is 6.14. The van der Waals surface area contributed by atoms with Crippen LogP contribution in [0.3, 0.4) is 0 Å². The third-order valence-corrected chi connectivity index (χ3v) is 7.62. The van der Waals surface area contributed by atoms with Crippen molar-refractivity contribution in [1.29, 1.82) is 0 Å². The van der Waals surface area contributed by atoms with E-state index in [4.69, 9.17) is 23.2 Å². The summed E-state index contributed by atoms with van der Waals surface area (Å²) in [5.41, 5.74) is 2.10. The zero-order chi connectivity index (χ0) is 23.6. The van der Waals surface area contributed by atoms with E-state index in [1.165, 1.54) is 11.8 Å². The molecular formula is C26H32Cl2N2O2S. The molecule has 0 bridgehead atoms. The molecule has 0 aromatic heterocycles. The SMILES string of the molecule is CC[C@H](C(=O)NC1CCCC1)N(CCc1ccccc1)C(=O)CSCc1ccc(Cl)cc1Cl. The van der Waals surface area contributed by atoms with E-state index in [1.54, 1.807) is 17.0 Å². The Kier molecular flexibility index (Phi) is 10.4. The highest BCUT2D eigenvalue weighted by molar-refractivity contribution is 7.99. The fourth-order valence-electron chi connectivity index (χ4n) is 4.23. The minimum absolute atomic E-state index is 0.0190. The lowest BCUT2D eigenvalue weighted by atomic mass is 10.1. The molecule has 7 heteroatoms. The Labute approximate surface area is 211 Å². The van der Waals surface area contributed by atoms with Crippen molar-refractivity contribution in [2.75, 3.05) is 12.3 Å². The summed E-state index contributed by atoms with van der Waals surface area (Å²) >= 11 is 13.8. The number of carbonyl (C=O) groups excluding carboxylic acids is 2. The molecule has 0 unspecified atom stereocenters. The van der Waals surface area contributed by atoms with Crippen LogP contribution in [0.1, 0.15) is 50.2 Å². The molecule has 1 atom stereocenters. The first-order valence-corrected chi connectivity index (χ1v) is 13.5. The smallest absolute Gasteiger partial charge is 0.243 e. The van der Waals surface area contributed by atoms with Crippen LogP contribution in [0.15, 0.2) is 48.5 Å². The molecule has 4 nitrogen and oxygen atoms in total. The van der Waals surface area contributed by atoms with E-state index in [0.29, 0.717) is 40.9 Å². The topological polar surface area (TPSA) is 49.4 Å². The van der Waals surface area contributed by atoms with Crippen LogP contribution in [0, 0.1) is 0 Å². The summed E-state index contributed by atoms with van der Waals surface area (Å²) in [6.07, 6.45) is 5.67. The molecule has 1 aliphatic carbocycles. The maximum Gasteiger partial charge on any atom is 0.243 e. The van der Waals surface area contributed by atoms with Crippen molar-refractivity contribution in [1.82, 2.24) is 10.2 Å². The molecule has 1 fully saturated rings. The van der Waals surface area contributed by atoms with E-state index in [2.05, 4.69) is 17.4 Å². The number of hydrogen-bond acceptors (Lipinski definition) is 3. The lowest BCUT2D eigenvalue weighted by molar-refractivity contribution is -0.139. The van der Waals surface area contributed by atoms with Crippen LogP contribution in [-0.2, 0) is 21.8 Å².